The molecule has 2 aromatic rings. The van der Waals surface area contributed by atoms with Gasteiger partial charge in [-0.1, -0.05) is 82.8 Å². The van der Waals surface area contributed by atoms with Crippen LogP contribution in [0.5, 0.6) is 0 Å². The van der Waals surface area contributed by atoms with Crippen molar-refractivity contribution in [3.05, 3.63) is 70.8 Å². The van der Waals surface area contributed by atoms with Crippen LogP contribution in [-0.4, -0.2) is 26.2 Å². The summed E-state index contributed by atoms with van der Waals surface area (Å²) in [5, 5.41) is 0. The summed E-state index contributed by atoms with van der Waals surface area (Å²) in [5.74, 6) is -1.31. The van der Waals surface area contributed by atoms with Gasteiger partial charge >= 0.3 is 11.9 Å². The molecule has 0 heterocycles. The molecule has 2 aromatic carbocycles. The van der Waals surface area contributed by atoms with E-state index in [0.717, 1.165) is 0 Å². The minimum absolute atomic E-state index is 0.0984. The summed E-state index contributed by atoms with van der Waals surface area (Å²) in [4.78, 5) is 24.1. The second-order valence-electron chi connectivity index (χ2n) is 5.22. The molecule has 138 valence electrons. The minimum atomic E-state index is -2.00. The smallest absolute Gasteiger partial charge is 0.338 e. The Morgan fingerprint density at radius 3 is 1.31 bits per heavy atom. The zero-order valence-electron chi connectivity index (χ0n) is 13.8. The Morgan fingerprint density at radius 2 is 1.00 bits per heavy atom. The van der Waals surface area contributed by atoms with E-state index < -0.39 is 20.6 Å². The van der Waals surface area contributed by atoms with Gasteiger partial charge in [-0.05, 0) is 12.1 Å². The standard InChI is InChI=1S/C18H14Cl4O4/c1-25-15(23)11-7-3-5-9-13(11)17(19,20)18(21,22)14-10-6-4-8-12(14)16(24)26-2/h3-10H,1-2H3. The number of rotatable bonds is 5. The van der Waals surface area contributed by atoms with Crippen LogP contribution >= 0.6 is 46.4 Å². The summed E-state index contributed by atoms with van der Waals surface area (Å²) in [5.41, 5.74) is 0.474. The highest BCUT2D eigenvalue weighted by Crippen LogP contribution is 2.57. The van der Waals surface area contributed by atoms with Crippen LogP contribution in [0.1, 0.15) is 31.8 Å². The van der Waals surface area contributed by atoms with Crippen molar-refractivity contribution in [2.75, 3.05) is 14.2 Å². The normalized spacial score (nSPS) is 11.8. The third-order valence-corrected chi connectivity index (χ3v) is 6.07. The molecule has 0 amide bonds. The fourth-order valence-corrected chi connectivity index (χ4v) is 3.49. The molecule has 8 heteroatoms. The predicted octanol–water partition coefficient (Wildman–Crippen LogP) is 5.22. The van der Waals surface area contributed by atoms with Crippen LogP contribution in [0.4, 0.5) is 0 Å². The van der Waals surface area contributed by atoms with Crippen molar-refractivity contribution in [1.82, 2.24) is 0 Å². The Morgan fingerprint density at radius 1 is 0.692 bits per heavy atom. The molecule has 0 aliphatic heterocycles. The van der Waals surface area contributed by atoms with Crippen LogP contribution in [0.25, 0.3) is 0 Å². The molecule has 26 heavy (non-hydrogen) atoms. The van der Waals surface area contributed by atoms with Gasteiger partial charge in [-0.25, -0.2) is 9.59 Å². The van der Waals surface area contributed by atoms with Crippen LogP contribution < -0.4 is 0 Å². The van der Waals surface area contributed by atoms with E-state index in [0.29, 0.717) is 0 Å². The van der Waals surface area contributed by atoms with Gasteiger partial charge < -0.3 is 9.47 Å². The highest BCUT2D eigenvalue weighted by molar-refractivity contribution is 6.62. The first-order chi connectivity index (χ1) is 12.2. The van der Waals surface area contributed by atoms with E-state index >= 15 is 0 Å². The molecule has 4 nitrogen and oxygen atoms in total. The van der Waals surface area contributed by atoms with Crippen molar-refractivity contribution in [1.29, 1.82) is 0 Å². The van der Waals surface area contributed by atoms with Crippen molar-refractivity contribution in [2.24, 2.45) is 0 Å². The summed E-state index contributed by atoms with van der Waals surface area (Å²) < 4.78 is 5.52. The molecule has 0 saturated carbocycles. The average molecular weight is 436 g/mol. The Hall–Kier alpha value is -1.46. The second-order valence-corrected chi connectivity index (χ2v) is 7.88. The molecule has 0 N–H and O–H groups in total. The fraction of sp³-hybridized carbons (Fsp3) is 0.222. The van der Waals surface area contributed by atoms with Crippen molar-refractivity contribution < 1.29 is 19.1 Å². The number of halogens is 4. The van der Waals surface area contributed by atoms with E-state index in [1.54, 1.807) is 24.3 Å². The Bertz CT molecular complexity index is 764. The van der Waals surface area contributed by atoms with E-state index in [1.165, 1.54) is 38.5 Å². The van der Waals surface area contributed by atoms with Gasteiger partial charge in [0.15, 0.2) is 8.67 Å². The maximum atomic E-state index is 12.1. The summed E-state index contributed by atoms with van der Waals surface area (Å²) in [6, 6.07) is 12.5. The minimum Gasteiger partial charge on any atom is -0.465 e. The van der Waals surface area contributed by atoms with Crippen molar-refractivity contribution in [2.45, 2.75) is 8.67 Å². The number of carbonyl (C=O) groups is 2. The van der Waals surface area contributed by atoms with Gasteiger partial charge in [-0.2, -0.15) is 0 Å². The molecule has 0 aliphatic rings. The van der Waals surface area contributed by atoms with Crippen LogP contribution in [-0.2, 0) is 18.1 Å². The van der Waals surface area contributed by atoms with Gasteiger partial charge in [0.1, 0.15) is 0 Å². The molecule has 0 aromatic heterocycles. The second kappa shape index (κ2) is 8.05. The van der Waals surface area contributed by atoms with E-state index in [4.69, 9.17) is 55.9 Å². The summed E-state index contributed by atoms with van der Waals surface area (Å²) >= 11 is 26.2. The summed E-state index contributed by atoms with van der Waals surface area (Å²) in [6.45, 7) is 0. The lowest BCUT2D eigenvalue weighted by Gasteiger charge is -2.35. The van der Waals surface area contributed by atoms with Gasteiger partial charge in [-0.15, -0.1) is 0 Å². The molecule has 0 bridgehead atoms. The Balaban J connectivity index is 2.67. The third kappa shape index (κ3) is 3.65. The number of carbonyl (C=O) groups excluding carboxylic acids is 2. The zero-order chi connectivity index (χ0) is 19.5. The van der Waals surface area contributed by atoms with Gasteiger partial charge in [-0.3, -0.25) is 0 Å². The molecule has 0 saturated heterocycles. The van der Waals surface area contributed by atoms with Crippen LogP contribution in [0.3, 0.4) is 0 Å². The average Bonchev–Trinajstić information content (AvgIpc) is 2.66. The first-order valence-electron chi connectivity index (χ1n) is 7.29. The number of methoxy groups -OCH3 is 2. The molecule has 0 fully saturated rings. The number of hydrogen-bond donors (Lipinski definition) is 0. The Kier molecular flexibility index (Phi) is 6.46. The van der Waals surface area contributed by atoms with E-state index in [9.17, 15) is 9.59 Å². The number of hydrogen-bond acceptors (Lipinski definition) is 4. The lowest BCUT2D eigenvalue weighted by molar-refractivity contribution is 0.0588. The zero-order valence-corrected chi connectivity index (χ0v) is 16.8. The van der Waals surface area contributed by atoms with Gasteiger partial charge in [0.05, 0.1) is 25.3 Å². The molecule has 0 atom stereocenters. The number of ether oxygens (including phenoxy) is 2. The number of alkyl halides is 4. The fourth-order valence-electron chi connectivity index (χ4n) is 2.43. The van der Waals surface area contributed by atoms with Crippen LogP contribution in [0.15, 0.2) is 48.5 Å². The molecule has 0 spiro atoms. The number of esters is 2. The monoisotopic (exact) mass is 434 g/mol. The summed E-state index contributed by atoms with van der Waals surface area (Å²) in [6.07, 6.45) is 0. The highest BCUT2D eigenvalue weighted by atomic mass is 35.5. The molecule has 0 radical (unpaired) electrons. The molecular weight excluding hydrogens is 422 g/mol. The van der Waals surface area contributed by atoms with Crippen molar-refractivity contribution in [3.8, 4) is 0 Å². The topological polar surface area (TPSA) is 52.6 Å². The van der Waals surface area contributed by atoms with Gasteiger partial charge in [0, 0.05) is 11.1 Å². The molecule has 2 rings (SSSR count). The first-order valence-corrected chi connectivity index (χ1v) is 8.81. The van der Waals surface area contributed by atoms with E-state index in [2.05, 4.69) is 0 Å². The highest BCUT2D eigenvalue weighted by Gasteiger charge is 2.52. The Labute approximate surface area is 170 Å². The number of benzene rings is 2. The van der Waals surface area contributed by atoms with Crippen LogP contribution in [0, 0.1) is 0 Å². The van der Waals surface area contributed by atoms with Crippen molar-refractivity contribution in [3.63, 3.8) is 0 Å². The molecular formula is C18H14Cl4O4. The maximum Gasteiger partial charge on any atom is 0.338 e. The lowest BCUT2D eigenvalue weighted by atomic mass is 9.95. The molecule has 0 aliphatic carbocycles. The van der Waals surface area contributed by atoms with E-state index in [-0.39, 0.29) is 22.3 Å². The third-order valence-electron chi connectivity index (χ3n) is 3.74. The van der Waals surface area contributed by atoms with E-state index in [1.807, 2.05) is 0 Å². The quantitative estimate of drug-likeness (QED) is 0.477. The largest absolute Gasteiger partial charge is 0.465 e. The predicted molar refractivity (Wildman–Crippen MR) is 102 cm³/mol. The van der Waals surface area contributed by atoms with Gasteiger partial charge in [0.25, 0.3) is 0 Å². The van der Waals surface area contributed by atoms with Crippen LogP contribution in [0.2, 0.25) is 0 Å². The van der Waals surface area contributed by atoms with Crippen molar-refractivity contribution >= 4 is 58.3 Å². The maximum absolute atomic E-state index is 12.1. The lowest BCUT2D eigenvalue weighted by Crippen LogP contribution is -2.34. The summed E-state index contributed by atoms with van der Waals surface area (Å²) in [7, 11) is 2.45. The SMILES string of the molecule is COC(=O)c1ccccc1C(Cl)(Cl)C(Cl)(Cl)c1ccccc1C(=O)OC. The molecule has 0 unspecified atom stereocenters. The first kappa shape index (κ1) is 20.8. The van der Waals surface area contributed by atoms with Gasteiger partial charge in [0.2, 0.25) is 0 Å².